The molecule has 1 aromatic carbocycles. The molecule has 1 N–H and O–H groups in total. The van der Waals surface area contributed by atoms with Crippen LogP contribution in [0.3, 0.4) is 0 Å². The van der Waals surface area contributed by atoms with Gasteiger partial charge in [0, 0.05) is 31.5 Å². The Labute approximate surface area is 162 Å². The second-order valence-corrected chi connectivity index (χ2v) is 6.43. The van der Waals surface area contributed by atoms with Gasteiger partial charge >= 0.3 is 0 Å². The molecule has 0 spiro atoms. The Kier molecular flexibility index (Phi) is 5.58. The summed E-state index contributed by atoms with van der Waals surface area (Å²) in [5.74, 6) is 1.73. The maximum Gasteiger partial charge on any atom is 0.227 e. The van der Waals surface area contributed by atoms with Gasteiger partial charge in [-0.2, -0.15) is 4.98 Å². The van der Waals surface area contributed by atoms with Gasteiger partial charge in [-0.15, -0.1) is 0 Å². The van der Waals surface area contributed by atoms with Gasteiger partial charge in [0.15, 0.2) is 0 Å². The third-order valence-corrected chi connectivity index (χ3v) is 4.43. The smallest absolute Gasteiger partial charge is 0.227 e. The first-order chi connectivity index (χ1) is 13.8. The summed E-state index contributed by atoms with van der Waals surface area (Å²) in [5.41, 5.74) is 1.55. The summed E-state index contributed by atoms with van der Waals surface area (Å²) in [4.78, 5) is 23.1. The number of nitrogens with zero attached hydrogens (tertiary/aromatic N) is 4. The molecule has 28 heavy (non-hydrogen) atoms. The number of nitrogens with one attached hydrogen (secondary N) is 1. The zero-order valence-electron chi connectivity index (χ0n) is 15.4. The Morgan fingerprint density at radius 3 is 2.68 bits per heavy atom. The number of amides is 1. The van der Waals surface area contributed by atoms with Crippen LogP contribution in [0.2, 0.25) is 0 Å². The van der Waals surface area contributed by atoms with E-state index in [9.17, 15) is 4.79 Å². The van der Waals surface area contributed by atoms with Crippen molar-refractivity contribution in [2.45, 2.75) is 12.8 Å². The predicted molar refractivity (Wildman–Crippen MR) is 104 cm³/mol. The average Bonchev–Trinajstić information content (AvgIpc) is 3.23. The highest BCUT2D eigenvalue weighted by molar-refractivity contribution is 5.90. The normalized spacial score (nSPS) is 14.1. The van der Waals surface area contributed by atoms with Crippen molar-refractivity contribution >= 4 is 17.4 Å². The molecule has 0 unspecified atom stereocenters. The molecule has 0 radical (unpaired) electrons. The molecule has 0 bridgehead atoms. The minimum atomic E-state index is -0.125. The average molecular weight is 379 g/mol. The highest BCUT2D eigenvalue weighted by Gasteiger charge is 2.13. The number of anilines is 2. The fourth-order valence-electron chi connectivity index (χ4n) is 2.94. The number of ether oxygens (including phenoxy) is 1. The van der Waals surface area contributed by atoms with Crippen LogP contribution in [0, 0.1) is 0 Å². The van der Waals surface area contributed by atoms with Crippen molar-refractivity contribution in [2.75, 3.05) is 36.5 Å². The molecule has 3 heterocycles. The zero-order valence-corrected chi connectivity index (χ0v) is 15.4. The van der Waals surface area contributed by atoms with Crippen molar-refractivity contribution in [3.05, 3.63) is 54.6 Å². The Hall–Kier alpha value is -3.26. The minimum Gasteiger partial charge on any atom is -0.378 e. The van der Waals surface area contributed by atoms with Gasteiger partial charge in [-0.3, -0.25) is 4.79 Å². The number of morpholine rings is 1. The first-order valence-electron chi connectivity index (χ1n) is 9.24. The second kappa shape index (κ2) is 8.62. The van der Waals surface area contributed by atoms with Crippen LogP contribution in [0.5, 0.6) is 0 Å². The number of benzene rings is 1. The topological polar surface area (TPSA) is 93.4 Å². The number of hydrogen-bond acceptors (Lipinski definition) is 7. The molecular weight excluding hydrogens is 358 g/mol. The summed E-state index contributed by atoms with van der Waals surface area (Å²) in [6.07, 6.45) is 2.30. The molecule has 8 nitrogen and oxygen atoms in total. The van der Waals surface area contributed by atoms with Crippen LogP contribution in [-0.4, -0.2) is 47.3 Å². The van der Waals surface area contributed by atoms with Gasteiger partial charge in [0.05, 0.1) is 25.1 Å². The van der Waals surface area contributed by atoms with Crippen LogP contribution < -0.4 is 10.2 Å². The number of aryl methyl sites for hydroxylation is 1. The van der Waals surface area contributed by atoms with E-state index >= 15 is 0 Å². The SMILES string of the molecule is O=C(CCc1nc(-c2ccccc2)no1)Nc1ccc(N2CCOCC2)nc1. The number of hydrogen-bond donors (Lipinski definition) is 1. The molecule has 2 aromatic heterocycles. The molecule has 0 aliphatic carbocycles. The zero-order chi connectivity index (χ0) is 19.2. The van der Waals surface area contributed by atoms with Crippen molar-refractivity contribution in [1.29, 1.82) is 0 Å². The predicted octanol–water partition coefficient (Wildman–Crippen LogP) is 2.54. The number of pyridine rings is 1. The summed E-state index contributed by atoms with van der Waals surface area (Å²) >= 11 is 0. The van der Waals surface area contributed by atoms with Gasteiger partial charge in [-0.25, -0.2) is 4.98 Å². The molecule has 4 rings (SSSR count). The van der Waals surface area contributed by atoms with Crippen molar-refractivity contribution in [2.24, 2.45) is 0 Å². The Morgan fingerprint density at radius 2 is 1.93 bits per heavy atom. The van der Waals surface area contributed by atoms with E-state index in [1.807, 2.05) is 42.5 Å². The third-order valence-electron chi connectivity index (χ3n) is 4.43. The Bertz CT molecular complexity index is 905. The molecule has 1 fully saturated rings. The van der Waals surface area contributed by atoms with Gasteiger partial charge in [-0.1, -0.05) is 35.5 Å². The van der Waals surface area contributed by atoms with E-state index in [0.29, 0.717) is 37.0 Å². The van der Waals surface area contributed by atoms with E-state index in [-0.39, 0.29) is 12.3 Å². The second-order valence-electron chi connectivity index (χ2n) is 6.43. The Morgan fingerprint density at radius 1 is 1.11 bits per heavy atom. The maximum atomic E-state index is 12.2. The summed E-state index contributed by atoms with van der Waals surface area (Å²) in [7, 11) is 0. The fraction of sp³-hybridized carbons (Fsp3) is 0.300. The van der Waals surface area contributed by atoms with Gasteiger partial charge in [0.25, 0.3) is 0 Å². The highest BCUT2D eigenvalue weighted by Crippen LogP contribution is 2.17. The molecule has 1 amide bonds. The summed E-state index contributed by atoms with van der Waals surface area (Å²) < 4.78 is 10.6. The van der Waals surface area contributed by atoms with E-state index in [4.69, 9.17) is 9.26 Å². The molecule has 1 aliphatic rings. The van der Waals surface area contributed by atoms with Crippen LogP contribution in [-0.2, 0) is 16.0 Å². The third kappa shape index (κ3) is 4.52. The maximum absolute atomic E-state index is 12.2. The number of carbonyl (C=O) groups excluding carboxylic acids is 1. The molecule has 144 valence electrons. The number of rotatable bonds is 6. The lowest BCUT2D eigenvalue weighted by molar-refractivity contribution is -0.116. The first kappa shape index (κ1) is 18.1. The molecule has 1 saturated heterocycles. The van der Waals surface area contributed by atoms with E-state index in [0.717, 1.165) is 24.5 Å². The van der Waals surface area contributed by atoms with E-state index in [2.05, 4.69) is 25.3 Å². The molecule has 1 aliphatic heterocycles. The van der Waals surface area contributed by atoms with Crippen molar-refractivity contribution in [3.8, 4) is 11.4 Å². The van der Waals surface area contributed by atoms with Crippen LogP contribution >= 0.6 is 0 Å². The monoisotopic (exact) mass is 379 g/mol. The van der Waals surface area contributed by atoms with Crippen LogP contribution in [0.25, 0.3) is 11.4 Å². The van der Waals surface area contributed by atoms with E-state index in [1.54, 1.807) is 6.20 Å². The fourth-order valence-corrected chi connectivity index (χ4v) is 2.94. The van der Waals surface area contributed by atoms with Crippen LogP contribution in [0.4, 0.5) is 11.5 Å². The van der Waals surface area contributed by atoms with Crippen molar-refractivity contribution < 1.29 is 14.1 Å². The van der Waals surface area contributed by atoms with Crippen LogP contribution in [0.15, 0.2) is 53.2 Å². The summed E-state index contributed by atoms with van der Waals surface area (Å²) in [6, 6.07) is 13.3. The minimum absolute atomic E-state index is 0.125. The van der Waals surface area contributed by atoms with E-state index in [1.165, 1.54) is 0 Å². The summed E-state index contributed by atoms with van der Waals surface area (Å²) in [6.45, 7) is 3.07. The van der Waals surface area contributed by atoms with Crippen molar-refractivity contribution in [3.63, 3.8) is 0 Å². The first-order valence-corrected chi connectivity index (χ1v) is 9.24. The quantitative estimate of drug-likeness (QED) is 0.703. The summed E-state index contributed by atoms with van der Waals surface area (Å²) in [5, 5.41) is 6.81. The lowest BCUT2D eigenvalue weighted by Gasteiger charge is -2.27. The Balaban J connectivity index is 1.28. The van der Waals surface area contributed by atoms with Gasteiger partial charge in [-0.05, 0) is 12.1 Å². The molecule has 8 heteroatoms. The standard InChI is InChI=1S/C20H21N5O3/c26-18(8-9-19-23-20(24-28-19)15-4-2-1-3-5-15)22-16-6-7-17(21-14-16)25-10-12-27-13-11-25/h1-7,14H,8-13H2,(H,22,26). The van der Waals surface area contributed by atoms with Gasteiger partial charge in [0.2, 0.25) is 17.6 Å². The van der Waals surface area contributed by atoms with Crippen molar-refractivity contribution in [1.82, 2.24) is 15.1 Å². The molecular formula is C20H21N5O3. The van der Waals surface area contributed by atoms with Crippen LogP contribution in [0.1, 0.15) is 12.3 Å². The number of aromatic nitrogens is 3. The van der Waals surface area contributed by atoms with Gasteiger partial charge in [0.1, 0.15) is 5.82 Å². The molecule has 0 atom stereocenters. The molecule has 3 aromatic rings. The lowest BCUT2D eigenvalue weighted by atomic mass is 10.2. The van der Waals surface area contributed by atoms with E-state index < -0.39 is 0 Å². The van der Waals surface area contributed by atoms with Gasteiger partial charge < -0.3 is 19.5 Å². The molecule has 0 saturated carbocycles. The lowest BCUT2D eigenvalue weighted by Crippen LogP contribution is -2.36. The largest absolute Gasteiger partial charge is 0.378 e. The highest BCUT2D eigenvalue weighted by atomic mass is 16.5. The number of carbonyl (C=O) groups is 1.